The molecule has 182 valence electrons. The van der Waals surface area contributed by atoms with Gasteiger partial charge in [-0.05, 0) is 29.7 Å². The Labute approximate surface area is 209 Å². The number of carbonyl (C=O) groups is 2. The first-order chi connectivity index (χ1) is 17.5. The standard InChI is InChI=1S/C30H26O6/c1-21(31)27-25(30(32)33)17-26(34-18-22-11-5-2-6-12-22)28(35-19-23-13-7-3-8-14-23)29(27)36-20-24-15-9-4-10-16-24/h2-17H,18-20H2,1H3,(H,32,33). The van der Waals surface area contributed by atoms with E-state index in [4.69, 9.17) is 14.2 Å². The number of ether oxygens (including phenoxy) is 3. The van der Waals surface area contributed by atoms with Crippen LogP contribution in [0.5, 0.6) is 17.2 Å². The number of carboxylic acid groups (broad SMARTS) is 1. The van der Waals surface area contributed by atoms with Gasteiger partial charge in [-0.15, -0.1) is 0 Å². The zero-order valence-corrected chi connectivity index (χ0v) is 19.8. The van der Waals surface area contributed by atoms with Crippen molar-refractivity contribution in [1.82, 2.24) is 0 Å². The Kier molecular flexibility index (Phi) is 7.98. The lowest BCUT2D eigenvalue weighted by atomic mass is 10.0. The van der Waals surface area contributed by atoms with Crippen molar-refractivity contribution in [2.45, 2.75) is 26.7 Å². The second-order valence-electron chi connectivity index (χ2n) is 8.14. The normalized spacial score (nSPS) is 10.5. The highest BCUT2D eigenvalue weighted by Gasteiger charge is 2.28. The Balaban J connectivity index is 1.79. The minimum Gasteiger partial charge on any atom is -0.485 e. The maximum atomic E-state index is 12.7. The molecular weight excluding hydrogens is 456 g/mol. The van der Waals surface area contributed by atoms with Crippen LogP contribution >= 0.6 is 0 Å². The fourth-order valence-electron chi connectivity index (χ4n) is 3.71. The van der Waals surface area contributed by atoms with E-state index in [9.17, 15) is 14.7 Å². The zero-order valence-electron chi connectivity index (χ0n) is 19.8. The summed E-state index contributed by atoms with van der Waals surface area (Å²) in [5.41, 5.74) is 2.38. The molecule has 0 heterocycles. The molecule has 1 N–H and O–H groups in total. The third-order valence-corrected chi connectivity index (χ3v) is 5.47. The number of carboxylic acids is 1. The molecule has 0 radical (unpaired) electrons. The highest BCUT2D eigenvalue weighted by Crippen LogP contribution is 2.44. The van der Waals surface area contributed by atoms with Crippen LogP contribution in [0.3, 0.4) is 0 Å². The maximum absolute atomic E-state index is 12.7. The smallest absolute Gasteiger partial charge is 0.336 e. The number of Topliss-reactive ketones (excluding diaryl/α,β-unsaturated/α-hetero) is 1. The molecule has 6 nitrogen and oxygen atoms in total. The highest BCUT2D eigenvalue weighted by atomic mass is 16.5. The topological polar surface area (TPSA) is 82.1 Å². The molecule has 4 aromatic rings. The van der Waals surface area contributed by atoms with Crippen molar-refractivity contribution in [1.29, 1.82) is 0 Å². The SMILES string of the molecule is CC(=O)c1c(C(=O)O)cc(OCc2ccccc2)c(OCc2ccccc2)c1OCc1ccccc1. The third kappa shape index (κ3) is 6.10. The van der Waals surface area contributed by atoms with E-state index in [2.05, 4.69) is 0 Å². The molecule has 0 saturated carbocycles. The van der Waals surface area contributed by atoms with Crippen LogP contribution in [0, 0.1) is 0 Å². The van der Waals surface area contributed by atoms with Crippen molar-refractivity contribution >= 4 is 11.8 Å². The number of benzene rings is 4. The van der Waals surface area contributed by atoms with E-state index in [1.165, 1.54) is 13.0 Å². The molecule has 0 fully saturated rings. The first kappa shape index (κ1) is 24.5. The molecule has 0 atom stereocenters. The molecule has 6 heteroatoms. The minimum atomic E-state index is -1.26. The highest BCUT2D eigenvalue weighted by molar-refractivity contribution is 6.08. The molecule has 0 saturated heterocycles. The fraction of sp³-hybridized carbons (Fsp3) is 0.133. The predicted octanol–water partition coefficient (Wildman–Crippen LogP) is 6.32. The molecular formula is C30H26O6. The molecule has 0 aliphatic heterocycles. The third-order valence-electron chi connectivity index (χ3n) is 5.47. The van der Waals surface area contributed by atoms with Crippen molar-refractivity contribution in [3.63, 3.8) is 0 Å². The van der Waals surface area contributed by atoms with Gasteiger partial charge in [-0.1, -0.05) is 91.0 Å². The maximum Gasteiger partial charge on any atom is 0.336 e. The molecule has 0 aliphatic carbocycles. The van der Waals surface area contributed by atoms with Gasteiger partial charge in [-0.2, -0.15) is 0 Å². The Hall–Kier alpha value is -4.58. The molecule has 4 rings (SSSR count). The van der Waals surface area contributed by atoms with Gasteiger partial charge in [0.25, 0.3) is 0 Å². The summed E-state index contributed by atoms with van der Waals surface area (Å²) in [6.07, 6.45) is 0. The molecule has 0 aliphatic rings. The van der Waals surface area contributed by atoms with Crippen LogP contribution in [0.4, 0.5) is 0 Å². The summed E-state index contributed by atoms with van der Waals surface area (Å²) in [5.74, 6) is -1.30. The van der Waals surface area contributed by atoms with Gasteiger partial charge in [0, 0.05) is 0 Å². The average molecular weight is 483 g/mol. The molecule has 36 heavy (non-hydrogen) atoms. The van der Waals surface area contributed by atoms with E-state index in [0.717, 1.165) is 16.7 Å². The van der Waals surface area contributed by atoms with Crippen molar-refractivity contribution in [2.24, 2.45) is 0 Å². The van der Waals surface area contributed by atoms with Crippen LogP contribution in [-0.2, 0) is 19.8 Å². The van der Waals surface area contributed by atoms with Gasteiger partial charge in [-0.25, -0.2) is 4.79 Å². The number of ketones is 1. The Bertz CT molecular complexity index is 1320. The lowest BCUT2D eigenvalue weighted by molar-refractivity contribution is 0.0690. The molecule has 0 amide bonds. The first-order valence-corrected chi connectivity index (χ1v) is 11.5. The van der Waals surface area contributed by atoms with Crippen LogP contribution in [0.1, 0.15) is 44.3 Å². The van der Waals surface area contributed by atoms with E-state index in [1.54, 1.807) is 0 Å². The number of carbonyl (C=O) groups excluding carboxylic acids is 1. The van der Waals surface area contributed by atoms with E-state index in [0.29, 0.717) is 0 Å². The second kappa shape index (κ2) is 11.7. The second-order valence-corrected chi connectivity index (χ2v) is 8.14. The van der Waals surface area contributed by atoms with Gasteiger partial charge in [0.15, 0.2) is 17.3 Å². The zero-order chi connectivity index (χ0) is 25.3. The van der Waals surface area contributed by atoms with Crippen molar-refractivity contribution in [2.75, 3.05) is 0 Å². The molecule has 0 spiro atoms. The van der Waals surface area contributed by atoms with Crippen LogP contribution in [0.25, 0.3) is 0 Å². The van der Waals surface area contributed by atoms with Gasteiger partial charge in [-0.3, -0.25) is 4.79 Å². The van der Waals surface area contributed by atoms with Crippen LogP contribution in [0.2, 0.25) is 0 Å². The van der Waals surface area contributed by atoms with E-state index in [-0.39, 0.29) is 48.2 Å². The lowest BCUT2D eigenvalue weighted by Gasteiger charge is -2.21. The summed E-state index contributed by atoms with van der Waals surface area (Å²) < 4.78 is 18.3. The first-order valence-electron chi connectivity index (χ1n) is 11.5. The summed E-state index contributed by atoms with van der Waals surface area (Å²) in [6.45, 7) is 1.78. The minimum absolute atomic E-state index is 0.0465. The summed E-state index contributed by atoms with van der Waals surface area (Å²) in [5, 5.41) is 9.93. The van der Waals surface area contributed by atoms with Crippen molar-refractivity contribution in [3.05, 3.63) is 125 Å². The van der Waals surface area contributed by atoms with Gasteiger partial charge < -0.3 is 19.3 Å². The largest absolute Gasteiger partial charge is 0.485 e. The number of hydrogen-bond donors (Lipinski definition) is 1. The summed E-state index contributed by atoms with van der Waals surface area (Å²) >= 11 is 0. The predicted molar refractivity (Wildman–Crippen MR) is 136 cm³/mol. The van der Waals surface area contributed by atoms with Gasteiger partial charge in [0.05, 0.1) is 11.1 Å². The van der Waals surface area contributed by atoms with Crippen LogP contribution < -0.4 is 14.2 Å². The fourth-order valence-corrected chi connectivity index (χ4v) is 3.71. The van der Waals surface area contributed by atoms with Gasteiger partial charge >= 0.3 is 5.97 Å². The molecule has 0 aromatic heterocycles. The van der Waals surface area contributed by atoms with E-state index in [1.807, 2.05) is 91.0 Å². The quantitative estimate of drug-likeness (QED) is 0.252. The lowest BCUT2D eigenvalue weighted by Crippen LogP contribution is -2.13. The van der Waals surface area contributed by atoms with Gasteiger partial charge in [0.1, 0.15) is 19.8 Å². The Morgan fingerprint density at radius 3 is 1.47 bits per heavy atom. The Morgan fingerprint density at radius 1 is 0.639 bits per heavy atom. The van der Waals surface area contributed by atoms with Gasteiger partial charge in [0.2, 0.25) is 5.75 Å². The van der Waals surface area contributed by atoms with Crippen LogP contribution in [-0.4, -0.2) is 16.9 Å². The van der Waals surface area contributed by atoms with Crippen LogP contribution in [0.15, 0.2) is 97.1 Å². The van der Waals surface area contributed by atoms with E-state index >= 15 is 0 Å². The summed E-state index contributed by atoms with van der Waals surface area (Å²) in [4.78, 5) is 24.8. The monoisotopic (exact) mass is 482 g/mol. The number of hydrogen-bond acceptors (Lipinski definition) is 5. The average Bonchev–Trinajstić information content (AvgIpc) is 2.90. The molecule has 0 unspecified atom stereocenters. The molecule has 0 bridgehead atoms. The molecule has 4 aromatic carbocycles. The summed E-state index contributed by atoms with van der Waals surface area (Å²) in [6, 6.07) is 29.7. The number of rotatable bonds is 11. The van der Waals surface area contributed by atoms with Crippen molar-refractivity contribution in [3.8, 4) is 17.2 Å². The summed E-state index contributed by atoms with van der Waals surface area (Å²) in [7, 11) is 0. The Morgan fingerprint density at radius 2 is 1.06 bits per heavy atom. The van der Waals surface area contributed by atoms with E-state index < -0.39 is 11.8 Å². The number of aromatic carboxylic acids is 1. The van der Waals surface area contributed by atoms with Crippen molar-refractivity contribution < 1.29 is 28.9 Å².